The number of hydrogen-bond donors (Lipinski definition) is 2. The monoisotopic (exact) mass is 367 g/mol. The van der Waals surface area contributed by atoms with Crippen molar-refractivity contribution in [1.82, 2.24) is 24.8 Å². The van der Waals surface area contributed by atoms with Crippen LogP contribution in [0.3, 0.4) is 0 Å². The molecule has 0 unspecified atom stereocenters. The highest BCUT2D eigenvalue weighted by Crippen LogP contribution is 2.06. The zero-order valence-electron chi connectivity index (χ0n) is 15.0. The predicted molar refractivity (Wildman–Crippen MR) is 101 cm³/mol. The van der Waals surface area contributed by atoms with Crippen LogP contribution in [-0.2, 0) is 11.3 Å². The minimum absolute atomic E-state index is 0.0958. The summed E-state index contributed by atoms with van der Waals surface area (Å²) in [6.07, 6.45) is 2.22. The Labute approximate surface area is 155 Å². The SMILES string of the molecule is Cc1ccccc1C(=O)NCC(=O)NCCCn1nc2ccccn2c1=O. The van der Waals surface area contributed by atoms with Crippen molar-refractivity contribution in [3.63, 3.8) is 0 Å². The Kier molecular flexibility index (Phi) is 5.65. The second-order valence-electron chi connectivity index (χ2n) is 6.14. The molecule has 0 saturated carbocycles. The molecule has 0 fully saturated rings. The molecule has 0 bridgehead atoms. The van der Waals surface area contributed by atoms with Crippen LogP contribution < -0.4 is 16.3 Å². The van der Waals surface area contributed by atoms with E-state index in [1.165, 1.54) is 9.08 Å². The van der Waals surface area contributed by atoms with Crippen LogP contribution in [0.4, 0.5) is 0 Å². The van der Waals surface area contributed by atoms with E-state index in [4.69, 9.17) is 0 Å². The molecule has 0 aliphatic heterocycles. The van der Waals surface area contributed by atoms with Crippen molar-refractivity contribution in [2.45, 2.75) is 19.9 Å². The van der Waals surface area contributed by atoms with E-state index in [9.17, 15) is 14.4 Å². The van der Waals surface area contributed by atoms with Gasteiger partial charge in [-0.25, -0.2) is 9.48 Å². The Balaban J connectivity index is 1.42. The number of pyridine rings is 1. The average Bonchev–Trinajstić information content (AvgIpc) is 3.00. The smallest absolute Gasteiger partial charge is 0.350 e. The zero-order valence-corrected chi connectivity index (χ0v) is 15.0. The van der Waals surface area contributed by atoms with Gasteiger partial charge in [0, 0.05) is 24.8 Å². The molecule has 0 atom stereocenters. The molecule has 8 heteroatoms. The van der Waals surface area contributed by atoms with Gasteiger partial charge in [-0.2, -0.15) is 0 Å². The van der Waals surface area contributed by atoms with Gasteiger partial charge in [-0.3, -0.25) is 14.0 Å². The first kappa shape index (κ1) is 18.4. The molecule has 1 aromatic carbocycles. The van der Waals surface area contributed by atoms with Gasteiger partial charge in [0.15, 0.2) is 5.65 Å². The van der Waals surface area contributed by atoms with Crippen LogP contribution in [0.1, 0.15) is 22.3 Å². The fourth-order valence-corrected chi connectivity index (χ4v) is 2.72. The summed E-state index contributed by atoms with van der Waals surface area (Å²) in [7, 11) is 0. The summed E-state index contributed by atoms with van der Waals surface area (Å²) in [5.74, 6) is -0.557. The van der Waals surface area contributed by atoms with Gasteiger partial charge < -0.3 is 10.6 Å². The first-order chi connectivity index (χ1) is 13.1. The number of nitrogens with zero attached hydrogens (tertiary/aromatic N) is 3. The summed E-state index contributed by atoms with van der Waals surface area (Å²) < 4.78 is 2.85. The van der Waals surface area contributed by atoms with Gasteiger partial charge in [0.25, 0.3) is 5.91 Å². The van der Waals surface area contributed by atoms with Crippen LogP contribution in [0.25, 0.3) is 5.65 Å². The molecule has 0 aliphatic rings. The van der Waals surface area contributed by atoms with E-state index in [0.717, 1.165) is 5.56 Å². The Hall–Kier alpha value is -3.42. The van der Waals surface area contributed by atoms with E-state index in [0.29, 0.717) is 30.7 Å². The molecule has 0 saturated heterocycles. The Morgan fingerprint density at radius 3 is 2.63 bits per heavy atom. The molecule has 140 valence electrons. The van der Waals surface area contributed by atoms with Crippen LogP contribution in [0.2, 0.25) is 0 Å². The van der Waals surface area contributed by atoms with Crippen LogP contribution in [0.5, 0.6) is 0 Å². The number of rotatable bonds is 7. The minimum atomic E-state index is -0.278. The highest BCUT2D eigenvalue weighted by molar-refractivity contribution is 5.97. The van der Waals surface area contributed by atoms with Crippen molar-refractivity contribution in [2.75, 3.05) is 13.1 Å². The first-order valence-corrected chi connectivity index (χ1v) is 8.71. The van der Waals surface area contributed by atoms with Crippen molar-refractivity contribution < 1.29 is 9.59 Å². The maximum Gasteiger partial charge on any atom is 0.350 e. The number of fused-ring (bicyclic) bond motifs is 1. The lowest BCUT2D eigenvalue weighted by Crippen LogP contribution is -2.37. The summed E-state index contributed by atoms with van der Waals surface area (Å²) in [6, 6.07) is 12.5. The molecule has 8 nitrogen and oxygen atoms in total. The van der Waals surface area contributed by atoms with Crippen molar-refractivity contribution in [2.24, 2.45) is 0 Å². The van der Waals surface area contributed by atoms with Crippen molar-refractivity contribution in [1.29, 1.82) is 0 Å². The van der Waals surface area contributed by atoms with E-state index >= 15 is 0 Å². The molecule has 0 radical (unpaired) electrons. The van der Waals surface area contributed by atoms with Crippen LogP contribution in [0.15, 0.2) is 53.5 Å². The summed E-state index contributed by atoms with van der Waals surface area (Å²) in [6.45, 7) is 2.54. The summed E-state index contributed by atoms with van der Waals surface area (Å²) in [5, 5.41) is 9.55. The van der Waals surface area contributed by atoms with Gasteiger partial charge in [-0.05, 0) is 37.1 Å². The van der Waals surface area contributed by atoms with Crippen molar-refractivity contribution >= 4 is 17.5 Å². The molecule has 2 aromatic heterocycles. The first-order valence-electron chi connectivity index (χ1n) is 8.71. The van der Waals surface area contributed by atoms with Crippen LogP contribution in [-0.4, -0.2) is 39.1 Å². The van der Waals surface area contributed by atoms with Gasteiger partial charge in [-0.15, -0.1) is 5.10 Å². The maximum absolute atomic E-state index is 12.1. The van der Waals surface area contributed by atoms with Gasteiger partial charge in [0.05, 0.1) is 6.54 Å². The Morgan fingerprint density at radius 1 is 1.07 bits per heavy atom. The van der Waals surface area contributed by atoms with E-state index < -0.39 is 0 Å². The zero-order chi connectivity index (χ0) is 19.2. The third-order valence-corrected chi connectivity index (χ3v) is 4.16. The molecule has 3 aromatic rings. The maximum atomic E-state index is 12.1. The van der Waals surface area contributed by atoms with E-state index in [1.807, 2.05) is 25.1 Å². The molecule has 2 heterocycles. The largest absolute Gasteiger partial charge is 0.355 e. The van der Waals surface area contributed by atoms with Crippen LogP contribution in [0, 0.1) is 6.92 Å². The number of carbonyl (C=O) groups is 2. The third kappa shape index (κ3) is 4.41. The number of aryl methyl sites for hydroxylation is 2. The molecule has 27 heavy (non-hydrogen) atoms. The van der Waals surface area contributed by atoms with Gasteiger partial charge in [0.1, 0.15) is 0 Å². The highest BCUT2D eigenvalue weighted by atomic mass is 16.2. The normalized spacial score (nSPS) is 10.7. The van der Waals surface area contributed by atoms with Crippen molar-refractivity contribution in [3.05, 3.63) is 70.3 Å². The van der Waals surface area contributed by atoms with E-state index in [-0.39, 0.29) is 24.0 Å². The molecule has 2 N–H and O–H groups in total. The Morgan fingerprint density at radius 2 is 1.85 bits per heavy atom. The molecule has 0 spiro atoms. The number of carbonyl (C=O) groups excluding carboxylic acids is 2. The van der Waals surface area contributed by atoms with Crippen LogP contribution >= 0.6 is 0 Å². The van der Waals surface area contributed by atoms with E-state index in [2.05, 4.69) is 15.7 Å². The fourth-order valence-electron chi connectivity index (χ4n) is 2.72. The molecule has 3 rings (SSSR count). The summed E-state index contributed by atoms with van der Waals surface area (Å²) in [4.78, 5) is 36.1. The van der Waals surface area contributed by atoms with Gasteiger partial charge in [-0.1, -0.05) is 24.3 Å². The molecular weight excluding hydrogens is 346 g/mol. The third-order valence-electron chi connectivity index (χ3n) is 4.16. The Bertz CT molecular complexity index is 1020. The second-order valence-corrected chi connectivity index (χ2v) is 6.14. The predicted octanol–water partition coefficient (Wildman–Crippen LogP) is 0.741. The summed E-state index contributed by atoms with van der Waals surface area (Å²) in [5.41, 5.74) is 1.79. The second kappa shape index (κ2) is 8.31. The van der Waals surface area contributed by atoms with E-state index in [1.54, 1.807) is 30.5 Å². The van der Waals surface area contributed by atoms with Crippen molar-refractivity contribution in [3.8, 4) is 0 Å². The quantitative estimate of drug-likeness (QED) is 0.602. The number of hydrogen-bond acceptors (Lipinski definition) is 4. The molecule has 2 amide bonds. The van der Waals surface area contributed by atoms with Gasteiger partial charge in [0.2, 0.25) is 5.91 Å². The highest BCUT2D eigenvalue weighted by Gasteiger charge is 2.10. The standard InChI is InChI=1S/C19H21N5O3/c1-14-7-2-3-8-15(14)18(26)21-13-17(25)20-10-6-12-24-19(27)23-11-5-4-9-16(23)22-24/h2-5,7-9,11H,6,10,12-13H2,1H3,(H,20,25)(H,21,26). The number of nitrogens with one attached hydrogen (secondary N) is 2. The number of benzene rings is 1. The lowest BCUT2D eigenvalue weighted by Gasteiger charge is -2.08. The lowest BCUT2D eigenvalue weighted by molar-refractivity contribution is -0.120. The number of amides is 2. The molecule has 0 aliphatic carbocycles. The molecular formula is C19H21N5O3. The minimum Gasteiger partial charge on any atom is -0.355 e. The average molecular weight is 367 g/mol. The number of aromatic nitrogens is 3. The van der Waals surface area contributed by atoms with Gasteiger partial charge >= 0.3 is 5.69 Å². The fraction of sp³-hybridized carbons (Fsp3) is 0.263. The lowest BCUT2D eigenvalue weighted by atomic mass is 10.1. The summed E-state index contributed by atoms with van der Waals surface area (Å²) >= 11 is 0. The topological polar surface area (TPSA) is 97.5 Å².